The van der Waals surface area contributed by atoms with Crippen molar-refractivity contribution in [1.29, 1.82) is 0 Å². The van der Waals surface area contributed by atoms with Crippen LogP contribution in [0.5, 0.6) is 0 Å². The van der Waals surface area contributed by atoms with Crippen molar-refractivity contribution < 1.29 is 24.9 Å². The average Bonchev–Trinajstić information content (AvgIpc) is 2.26. The van der Waals surface area contributed by atoms with Gasteiger partial charge in [-0.05, 0) is 24.9 Å². The number of aliphatic hydroxyl groups excluding tert-OH is 1. The van der Waals surface area contributed by atoms with Crippen molar-refractivity contribution in [3.05, 3.63) is 0 Å². The average molecular weight is 262 g/mol. The molecule has 0 spiro atoms. The molecule has 0 aliphatic carbocycles. The number of hydrogen-bond donors (Lipinski definition) is 1. The number of unbranched alkanes of at least 4 members (excludes halogenated alkanes) is 3. The summed E-state index contributed by atoms with van der Waals surface area (Å²) in [7, 11) is 0. The van der Waals surface area contributed by atoms with Crippen LogP contribution in [0.15, 0.2) is 0 Å². The molecule has 1 N–H and O–H groups in total. The van der Waals surface area contributed by atoms with Gasteiger partial charge in [0.1, 0.15) is 6.10 Å². The first-order chi connectivity index (χ1) is 8.00. The van der Waals surface area contributed by atoms with E-state index in [-0.39, 0.29) is 6.42 Å². The van der Waals surface area contributed by atoms with E-state index < -0.39 is 24.0 Å². The van der Waals surface area contributed by atoms with Gasteiger partial charge in [-0.3, -0.25) is 0 Å². The predicted octanol–water partition coefficient (Wildman–Crippen LogP) is -1.22. The van der Waals surface area contributed by atoms with Crippen LogP contribution in [0.4, 0.5) is 0 Å². The SMILES string of the molecule is CSCCCCCCC(C(=O)[O-])C(O)C(=O)[O-]. The number of carbonyl (C=O) groups is 2. The lowest BCUT2D eigenvalue weighted by molar-refractivity contribution is -0.330. The normalized spacial score (nSPS) is 14.2. The Hall–Kier alpha value is -0.750. The van der Waals surface area contributed by atoms with Crippen LogP contribution in [0.2, 0.25) is 0 Å². The molecule has 2 unspecified atom stereocenters. The number of aliphatic hydroxyl groups is 1. The van der Waals surface area contributed by atoms with E-state index in [1.807, 2.05) is 6.26 Å². The maximum absolute atomic E-state index is 10.6. The minimum Gasteiger partial charge on any atom is -0.550 e. The van der Waals surface area contributed by atoms with Crippen LogP contribution in [0.1, 0.15) is 32.1 Å². The summed E-state index contributed by atoms with van der Waals surface area (Å²) >= 11 is 1.75. The molecule has 0 rings (SSSR count). The van der Waals surface area contributed by atoms with Gasteiger partial charge in [0, 0.05) is 11.9 Å². The van der Waals surface area contributed by atoms with Crippen molar-refractivity contribution in [2.75, 3.05) is 12.0 Å². The second kappa shape index (κ2) is 9.30. The zero-order valence-electron chi connectivity index (χ0n) is 9.89. The van der Waals surface area contributed by atoms with Crippen molar-refractivity contribution in [3.63, 3.8) is 0 Å². The van der Waals surface area contributed by atoms with Gasteiger partial charge in [-0.15, -0.1) is 0 Å². The van der Waals surface area contributed by atoms with Crippen LogP contribution in [0.3, 0.4) is 0 Å². The fourth-order valence-electron chi connectivity index (χ4n) is 1.53. The van der Waals surface area contributed by atoms with Gasteiger partial charge < -0.3 is 24.9 Å². The van der Waals surface area contributed by atoms with Gasteiger partial charge in [-0.2, -0.15) is 11.8 Å². The Labute approximate surface area is 105 Å². The third-order valence-electron chi connectivity index (χ3n) is 2.54. The Bertz CT molecular complexity index is 244. The van der Waals surface area contributed by atoms with Gasteiger partial charge in [0.2, 0.25) is 0 Å². The molecule has 17 heavy (non-hydrogen) atoms. The van der Waals surface area contributed by atoms with Gasteiger partial charge in [0.25, 0.3) is 0 Å². The summed E-state index contributed by atoms with van der Waals surface area (Å²) in [6.45, 7) is 0. The maximum atomic E-state index is 10.6. The lowest BCUT2D eigenvalue weighted by Crippen LogP contribution is -2.47. The molecule has 100 valence electrons. The Morgan fingerprint density at radius 3 is 2.18 bits per heavy atom. The molecule has 0 radical (unpaired) electrons. The van der Waals surface area contributed by atoms with Crippen LogP contribution < -0.4 is 10.2 Å². The fourth-order valence-corrected chi connectivity index (χ4v) is 2.03. The molecule has 2 atom stereocenters. The summed E-state index contributed by atoms with van der Waals surface area (Å²) in [5, 5.41) is 30.1. The monoisotopic (exact) mass is 262 g/mol. The van der Waals surface area contributed by atoms with E-state index in [1.54, 1.807) is 11.8 Å². The largest absolute Gasteiger partial charge is 0.550 e. The lowest BCUT2D eigenvalue weighted by atomic mass is 9.95. The van der Waals surface area contributed by atoms with Crippen molar-refractivity contribution in [2.45, 2.75) is 38.2 Å². The molecule has 0 fully saturated rings. The van der Waals surface area contributed by atoms with Gasteiger partial charge in [0.15, 0.2) is 0 Å². The molecular weight excluding hydrogens is 244 g/mol. The highest BCUT2D eigenvalue weighted by atomic mass is 32.2. The topological polar surface area (TPSA) is 100 Å². The number of carboxylic acids is 2. The zero-order chi connectivity index (χ0) is 13.3. The van der Waals surface area contributed by atoms with E-state index in [0.717, 1.165) is 25.0 Å². The van der Waals surface area contributed by atoms with E-state index in [1.165, 1.54) is 0 Å². The number of carboxylic acid groups (broad SMARTS) is 2. The highest BCUT2D eigenvalue weighted by Gasteiger charge is 2.20. The number of aliphatic carboxylic acids is 2. The third kappa shape index (κ3) is 7.23. The summed E-state index contributed by atoms with van der Waals surface area (Å²) in [5.41, 5.74) is 0. The highest BCUT2D eigenvalue weighted by molar-refractivity contribution is 7.98. The maximum Gasteiger partial charge on any atom is 0.101 e. The van der Waals surface area contributed by atoms with E-state index in [0.29, 0.717) is 6.42 Å². The molecule has 0 saturated carbocycles. The molecular formula is C11H18O5S-2. The van der Waals surface area contributed by atoms with Crippen LogP contribution in [-0.2, 0) is 9.59 Å². The first-order valence-corrected chi connectivity index (χ1v) is 6.98. The Kier molecular flexibility index (Phi) is 8.89. The Morgan fingerprint density at radius 1 is 1.12 bits per heavy atom. The molecule has 0 aromatic carbocycles. The summed E-state index contributed by atoms with van der Waals surface area (Å²) in [6.07, 6.45) is 3.56. The molecule has 0 aliphatic rings. The lowest BCUT2D eigenvalue weighted by Gasteiger charge is -2.24. The summed E-state index contributed by atoms with van der Waals surface area (Å²) in [5.74, 6) is -3.61. The zero-order valence-corrected chi connectivity index (χ0v) is 10.7. The van der Waals surface area contributed by atoms with Gasteiger partial charge in [-0.1, -0.05) is 19.3 Å². The molecule has 5 nitrogen and oxygen atoms in total. The molecule has 0 saturated heterocycles. The van der Waals surface area contributed by atoms with E-state index >= 15 is 0 Å². The molecule has 0 heterocycles. The molecule has 6 heteroatoms. The Balaban J connectivity index is 3.87. The van der Waals surface area contributed by atoms with E-state index in [9.17, 15) is 19.8 Å². The number of thioether (sulfide) groups is 1. The number of hydrogen-bond acceptors (Lipinski definition) is 6. The van der Waals surface area contributed by atoms with E-state index in [4.69, 9.17) is 5.11 Å². The van der Waals surface area contributed by atoms with Gasteiger partial charge in [-0.25, -0.2) is 0 Å². The first kappa shape index (κ1) is 16.2. The Morgan fingerprint density at radius 2 is 1.71 bits per heavy atom. The van der Waals surface area contributed by atoms with Gasteiger partial charge in [0.05, 0.1) is 5.97 Å². The predicted molar refractivity (Wildman–Crippen MR) is 61.0 cm³/mol. The minimum atomic E-state index is -1.98. The quantitative estimate of drug-likeness (QED) is 0.495. The molecule has 0 bridgehead atoms. The third-order valence-corrected chi connectivity index (χ3v) is 3.24. The van der Waals surface area contributed by atoms with Crippen LogP contribution in [0, 0.1) is 5.92 Å². The van der Waals surface area contributed by atoms with Crippen LogP contribution in [-0.4, -0.2) is 35.2 Å². The van der Waals surface area contributed by atoms with Crippen LogP contribution in [0.25, 0.3) is 0 Å². The first-order valence-electron chi connectivity index (χ1n) is 5.59. The summed E-state index contributed by atoms with van der Waals surface area (Å²) in [6, 6.07) is 0. The minimum absolute atomic E-state index is 0.108. The second-order valence-corrected chi connectivity index (χ2v) is 4.87. The highest BCUT2D eigenvalue weighted by Crippen LogP contribution is 2.15. The summed E-state index contributed by atoms with van der Waals surface area (Å²) in [4.78, 5) is 21.0. The molecule has 0 aromatic rings. The number of rotatable bonds is 10. The molecule has 0 aliphatic heterocycles. The fraction of sp³-hybridized carbons (Fsp3) is 0.818. The number of carbonyl (C=O) groups excluding carboxylic acids is 2. The van der Waals surface area contributed by atoms with Crippen molar-refractivity contribution in [1.82, 2.24) is 0 Å². The summed E-state index contributed by atoms with van der Waals surface area (Å²) < 4.78 is 0. The van der Waals surface area contributed by atoms with Crippen molar-refractivity contribution in [2.24, 2.45) is 5.92 Å². The van der Waals surface area contributed by atoms with Crippen molar-refractivity contribution in [3.8, 4) is 0 Å². The van der Waals surface area contributed by atoms with Gasteiger partial charge >= 0.3 is 0 Å². The molecule has 0 aromatic heterocycles. The standard InChI is InChI=1S/C11H20O5S/c1-17-7-5-3-2-4-6-8(10(13)14)9(12)11(15)16/h8-9,12H,2-7H2,1H3,(H,13,14)(H,15,16)/p-2. The van der Waals surface area contributed by atoms with Crippen LogP contribution >= 0.6 is 11.8 Å². The smallest absolute Gasteiger partial charge is 0.101 e. The molecule has 0 amide bonds. The van der Waals surface area contributed by atoms with Crippen molar-refractivity contribution >= 4 is 23.7 Å². The second-order valence-electron chi connectivity index (χ2n) is 3.89. The van der Waals surface area contributed by atoms with E-state index in [2.05, 4.69) is 0 Å².